The fraction of sp³-hybridized carbons (Fsp3) is 0.571. The van der Waals surface area contributed by atoms with E-state index in [1.807, 2.05) is 0 Å². The molecule has 1 saturated heterocycles. The Morgan fingerprint density at radius 2 is 1.69 bits per heavy atom. The molecule has 1 unspecified atom stereocenters. The van der Waals surface area contributed by atoms with Gasteiger partial charge in [-0.2, -0.15) is 0 Å². The first kappa shape index (κ1) is 11.6. The molecule has 0 saturated carbocycles. The van der Waals surface area contributed by atoms with Gasteiger partial charge >= 0.3 is 0 Å². The number of hydrogen-bond donors (Lipinski definition) is 1. The Kier molecular flexibility index (Phi) is 3.04. The molecule has 1 aliphatic rings. The fourth-order valence-corrected chi connectivity index (χ4v) is 2.29. The zero-order valence-corrected chi connectivity index (χ0v) is 10.5. The summed E-state index contributed by atoms with van der Waals surface area (Å²) in [6.07, 6.45) is 0. The van der Waals surface area contributed by atoms with Gasteiger partial charge < -0.3 is 5.73 Å². The maximum atomic E-state index is 6.31. The Bertz CT molecular complexity index is 339. The van der Waals surface area contributed by atoms with Gasteiger partial charge in [0, 0.05) is 24.7 Å². The van der Waals surface area contributed by atoms with Crippen LogP contribution in [0.4, 0.5) is 0 Å². The van der Waals surface area contributed by atoms with E-state index >= 15 is 0 Å². The van der Waals surface area contributed by atoms with Crippen molar-refractivity contribution in [1.82, 2.24) is 4.90 Å². The number of rotatable bonds is 3. The maximum absolute atomic E-state index is 6.31. The second-order valence-corrected chi connectivity index (χ2v) is 5.38. The minimum atomic E-state index is 0.0308. The monoisotopic (exact) mass is 218 g/mol. The van der Waals surface area contributed by atoms with Crippen LogP contribution in [-0.2, 0) is 0 Å². The van der Waals surface area contributed by atoms with Crippen LogP contribution >= 0.6 is 0 Å². The van der Waals surface area contributed by atoms with Crippen molar-refractivity contribution in [3.63, 3.8) is 0 Å². The Hall–Kier alpha value is -0.860. The van der Waals surface area contributed by atoms with Crippen molar-refractivity contribution >= 4 is 0 Å². The van der Waals surface area contributed by atoms with Gasteiger partial charge in [-0.25, -0.2) is 0 Å². The van der Waals surface area contributed by atoms with Crippen molar-refractivity contribution in [3.05, 3.63) is 35.9 Å². The van der Waals surface area contributed by atoms with Crippen molar-refractivity contribution in [2.75, 3.05) is 13.1 Å². The van der Waals surface area contributed by atoms with Crippen LogP contribution in [0, 0.1) is 5.92 Å². The molecule has 0 radical (unpaired) electrons. The average Bonchev–Trinajstić information content (AvgIpc) is 2.25. The number of likely N-dealkylation sites (tertiary alicyclic amines) is 1. The van der Waals surface area contributed by atoms with E-state index in [4.69, 9.17) is 5.73 Å². The number of nitrogens with two attached hydrogens (primary N) is 1. The predicted molar refractivity (Wildman–Crippen MR) is 68.2 cm³/mol. The van der Waals surface area contributed by atoms with Crippen LogP contribution in [0.1, 0.15) is 32.4 Å². The van der Waals surface area contributed by atoms with Crippen LogP contribution in [0.15, 0.2) is 30.3 Å². The summed E-state index contributed by atoms with van der Waals surface area (Å²) in [5.41, 5.74) is 7.72. The van der Waals surface area contributed by atoms with E-state index < -0.39 is 0 Å². The van der Waals surface area contributed by atoms with E-state index in [0.717, 1.165) is 13.1 Å². The summed E-state index contributed by atoms with van der Waals surface area (Å²) in [5.74, 6) is 0.562. The summed E-state index contributed by atoms with van der Waals surface area (Å²) in [7, 11) is 0. The molecule has 2 rings (SSSR count). The zero-order valence-electron chi connectivity index (χ0n) is 10.5. The molecule has 1 aliphatic heterocycles. The minimum absolute atomic E-state index is 0.0308. The van der Waals surface area contributed by atoms with Gasteiger partial charge in [0.1, 0.15) is 0 Å². The van der Waals surface area contributed by atoms with Gasteiger partial charge in [-0.15, -0.1) is 0 Å². The summed E-state index contributed by atoms with van der Waals surface area (Å²) < 4.78 is 0. The first-order valence-electron chi connectivity index (χ1n) is 6.11. The molecule has 1 atom stereocenters. The number of benzene rings is 1. The largest absolute Gasteiger partial charge is 0.323 e. The third-order valence-corrected chi connectivity index (χ3v) is 3.97. The van der Waals surface area contributed by atoms with Crippen molar-refractivity contribution < 1.29 is 0 Å². The molecule has 1 aromatic rings. The van der Waals surface area contributed by atoms with Gasteiger partial charge in [-0.05, 0) is 18.4 Å². The van der Waals surface area contributed by atoms with E-state index in [1.54, 1.807) is 0 Å². The van der Waals surface area contributed by atoms with Crippen LogP contribution in [-0.4, -0.2) is 23.5 Å². The van der Waals surface area contributed by atoms with Crippen molar-refractivity contribution in [2.45, 2.75) is 32.4 Å². The molecule has 0 aliphatic carbocycles. The van der Waals surface area contributed by atoms with E-state index in [-0.39, 0.29) is 5.54 Å². The quantitative estimate of drug-likeness (QED) is 0.844. The van der Waals surface area contributed by atoms with Crippen molar-refractivity contribution in [2.24, 2.45) is 11.7 Å². The lowest BCUT2D eigenvalue weighted by atomic mass is 9.79. The highest BCUT2D eigenvalue weighted by Crippen LogP contribution is 2.33. The molecule has 0 aromatic heterocycles. The molecule has 1 heterocycles. The van der Waals surface area contributed by atoms with Gasteiger partial charge in [0.2, 0.25) is 0 Å². The molecule has 0 spiro atoms. The molecule has 1 fully saturated rings. The van der Waals surface area contributed by atoms with Gasteiger partial charge in [0.25, 0.3) is 0 Å². The lowest BCUT2D eigenvalue weighted by Crippen LogP contribution is -2.70. The molecule has 2 heteroatoms. The number of nitrogens with zero attached hydrogens (tertiary/aromatic N) is 1. The Labute approximate surface area is 98.4 Å². The van der Waals surface area contributed by atoms with Gasteiger partial charge in [0.15, 0.2) is 0 Å². The molecule has 2 N–H and O–H groups in total. The second kappa shape index (κ2) is 4.19. The molecular weight excluding hydrogens is 196 g/mol. The smallest absolute Gasteiger partial charge is 0.0436 e. The summed E-state index contributed by atoms with van der Waals surface area (Å²) in [4.78, 5) is 2.45. The van der Waals surface area contributed by atoms with Crippen LogP contribution < -0.4 is 5.73 Å². The maximum Gasteiger partial charge on any atom is 0.0436 e. The summed E-state index contributed by atoms with van der Waals surface area (Å²) in [6.45, 7) is 8.71. The van der Waals surface area contributed by atoms with E-state index in [1.165, 1.54) is 5.56 Å². The van der Waals surface area contributed by atoms with Gasteiger partial charge in [0.05, 0.1) is 0 Å². The SMILES string of the molecule is CC(c1ccccc1)N1CC(N)(C(C)C)C1. The molecule has 2 nitrogen and oxygen atoms in total. The lowest BCUT2D eigenvalue weighted by Gasteiger charge is -2.53. The van der Waals surface area contributed by atoms with Crippen molar-refractivity contribution in [1.29, 1.82) is 0 Å². The highest BCUT2D eigenvalue weighted by molar-refractivity contribution is 5.20. The molecule has 0 bridgehead atoms. The molecular formula is C14H22N2. The highest BCUT2D eigenvalue weighted by atomic mass is 15.3. The van der Waals surface area contributed by atoms with E-state index in [2.05, 4.69) is 56.0 Å². The Morgan fingerprint density at radius 3 is 2.19 bits per heavy atom. The summed E-state index contributed by atoms with van der Waals surface area (Å²) in [5, 5.41) is 0. The van der Waals surface area contributed by atoms with Gasteiger partial charge in [-0.3, -0.25) is 4.90 Å². The first-order valence-corrected chi connectivity index (χ1v) is 6.11. The van der Waals surface area contributed by atoms with E-state index in [0.29, 0.717) is 12.0 Å². The minimum Gasteiger partial charge on any atom is -0.323 e. The van der Waals surface area contributed by atoms with Crippen LogP contribution in [0.5, 0.6) is 0 Å². The summed E-state index contributed by atoms with van der Waals surface area (Å²) >= 11 is 0. The molecule has 88 valence electrons. The zero-order chi connectivity index (χ0) is 11.8. The van der Waals surface area contributed by atoms with Crippen LogP contribution in [0.25, 0.3) is 0 Å². The fourth-order valence-electron chi connectivity index (χ4n) is 2.29. The van der Waals surface area contributed by atoms with Gasteiger partial charge in [-0.1, -0.05) is 44.2 Å². The van der Waals surface area contributed by atoms with E-state index in [9.17, 15) is 0 Å². The van der Waals surface area contributed by atoms with Crippen LogP contribution in [0.3, 0.4) is 0 Å². The number of hydrogen-bond acceptors (Lipinski definition) is 2. The molecule has 16 heavy (non-hydrogen) atoms. The second-order valence-electron chi connectivity index (χ2n) is 5.38. The highest BCUT2D eigenvalue weighted by Gasteiger charge is 2.43. The molecule has 1 aromatic carbocycles. The standard InChI is InChI=1S/C14H22N2/c1-11(2)14(15)9-16(10-14)12(3)13-7-5-4-6-8-13/h4-8,11-12H,9-10,15H2,1-3H3. The lowest BCUT2D eigenvalue weighted by molar-refractivity contribution is 0.00735. The third-order valence-electron chi connectivity index (χ3n) is 3.97. The normalized spacial score (nSPS) is 21.8. The first-order chi connectivity index (χ1) is 7.53. The Morgan fingerprint density at radius 1 is 1.12 bits per heavy atom. The third kappa shape index (κ3) is 2.00. The average molecular weight is 218 g/mol. The Balaban J connectivity index is 1.98. The van der Waals surface area contributed by atoms with Crippen molar-refractivity contribution in [3.8, 4) is 0 Å². The topological polar surface area (TPSA) is 29.3 Å². The summed E-state index contributed by atoms with van der Waals surface area (Å²) in [6, 6.07) is 11.1. The predicted octanol–water partition coefficient (Wildman–Crippen LogP) is 2.42. The van der Waals surface area contributed by atoms with Crippen LogP contribution in [0.2, 0.25) is 0 Å². The molecule has 0 amide bonds.